The minimum Gasteiger partial charge on any atom is -0.497 e. The lowest BCUT2D eigenvalue weighted by Gasteiger charge is -2.27. The summed E-state index contributed by atoms with van der Waals surface area (Å²) >= 11 is 0. The van der Waals surface area contributed by atoms with Gasteiger partial charge in [0.25, 0.3) is 0 Å². The number of aryl methyl sites for hydroxylation is 1. The topological polar surface area (TPSA) is 50.7 Å². The molecule has 0 heterocycles. The second kappa shape index (κ2) is 7.69. The highest BCUT2D eigenvalue weighted by Crippen LogP contribution is 2.26. The van der Waals surface area contributed by atoms with Crippen LogP contribution in [0, 0.1) is 0 Å². The van der Waals surface area contributed by atoms with Gasteiger partial charge in [-0.05, 0) is 60.2 Å². The van der Waals surface area contributed by atoms with Crippen molar-refractivity contribution < 1.29 is 14.6 Å². The number of fused-ring (bicyclic) bond motifs is 1. The molecule has 0 amide bonds. The highest BCUT2D eigenvalue weighted by Gasteiger charge is 2.20. The van der Waals surface area contributed by atoms with Crippen LogP contribution in [-0.4, -0.2) is 31.9 Å². The van der Waals surface area contributed by atoms with Gasteiger partial charge in [0.1, 0.15) is 11.5 Å². The van der Waals surface area contributed by atoms with Crippen molar-refractivity contribution in [3.05, 3.63) is 59.2 Å². The van der Waals surface area contributed by atoms with Crippen molar-refractivity contribution in [2.45, 2.75) is 31.4 Å². The molecule has 0 spiro atoms. The van der Waals surface area contributed by atoms with Crippen LogP contribution in [0.3, 0.4) is 0 Å². The van der Waals surface area contributed by atoms with Gasteiger partial charge in [0.15, 0.2) is 0 Å². The third-order valence-electron chi connectivity index (χ3n) is 4.72. The molecule has 3 rings (SSSR count). The number of benzene rings is 2. The van der Waals surface area contributed by atoms with Crippen LogP contribution in [0.2, 0.25) is 0 Å². The van der Waals surface area contributed by atoms with Crippen molar-refractivity contribution in [2.24, 2.45) is 0 Å². The van der Waals surface area contributed by atoms with E-state index in [1.54, 1.807) is 14.2 Å². The first-order chi connectivity index (χ1) is 11.7. The third-order valence-corrected chi connectivity index (χ3v) is 4.72. The molecule has 0 saturated carbocycles. The molecule has 2 aromatic rings. The summed E-state index contributed by atoms with van der Waals surface area (Å²) in [4.78, 5) is 0. The number of aliphatic hydroxyl groups is 1. The van der Waals surface area contributed by atoms with Gasteiger partial charge in [-0.2, -0.15) is 0 Å². The van der Waals surface area contributed by atoms with Gasteiger partial charge < -0.3 is 19.9 Å². The van der Waals surface area contributed by atoms with Gasteiger partial charge in [-0.15, -0.1) is 0 Å². The molecule has 0 radical (unpaired) electrons. The number of nitrogens with one attached hydrogen (secondary N) is 1. The molecule has 0 aliphatic heterocycles. The summed E-state index contributed by atoms with van der Waals surface area (Å²) in [5.41, 5.74) is 3.62. The normalized spacial score (nSPS) is 17.9. The predicted molar refractivity (Wildman–Crippen MR) is 94.8 cm³/mol. The van der Waals surface area contributed by atoms with E-state index in [2.05, 4.69) is 17.4 Å². The van der Waals surface area contributed by atoms with Crippen LogP contribution in [-0.2, 0) is 12.8 Å². The summed E-state index contributed by atoms with van der Waals surface area (Å²) in [7, 11) is 3.34. The first-order valence-electron chi connectivity index (χ1n) is 8.41. The first-order valence-corrected chi connectivity index (χ1v) is 8.41. The maximum atomic E-state index is 10.4. The Morgan fingerprint density at radius 3 is 2.67 bits per heavy atom. The van der Waals surface area contributed by atoms with Crippen molar-refractivity contribution in [3.63, 3.8) is 0 Å². The summed E-state index contributed by atoms with van der Waals surface area (Å²) in [6.07, 6.45) is 2.58. The van der Waals surface area contributed by atoms with Crippen LogP contribution in [0.4, 0.5) is 0 Å². The molecule has 0 bridgehead atoms. The monoisotopic (exact) mass is 327 g/mol. The number of rotatable bonds is 6. The third kappa shape index (κ3) is 3.89. The summed E-state index contributed by atoms with van der Waals surface area (Å²) in [5.74, 6) is 1.68. The van der Waals surface area contributed by atoms with E-state index < -0.39 is 6.10 Å². The van der Waals surface area contributed by atoms with E-state index in [-0.39, 0.29) is 0 Å². The lowest BCUT2D eigenvalue weighted by molar-refractivity contribution is 0.168. The summed E-state index contributed by atoms with van der Waals surface area (Å²) in [6.45, 7) is 0.539. The Bertz CT molecular complexity index is 686. The number of methoxy groups -OCH3 is 2. The maximum Gasteiger partial charge on any atom is 0.119 e. The maximum absolute atomic E-state index is 10.4. The molecule has 0 saturated heterocycles. The lowest BCUT2D eigenvalue weighted by Crippen LogP contribution is -2.37. The predicted octanol–water partition coefficient (Wildman–Crippen LogP) is 2.88. The molecular formula is C20H25NO3. The molecule has 2 N–H and O–H groups in total. The second-order valence-electron chi connectivity index (χ2n) is 6.28. The molecule has 2 aromatic carbocycles. The Balaban J connectivity index is 1.58. The summed E-state index contributed by atoms with van der Waals surface area (Å²) in [6, 6.07) is 14.3. The van der Waals surface area contributed by atoms with E-state index in [0.717, 1.165) is 36.3 Å². The minimum absolute atomic E-state index is 0.380. The zero-order valence-electron chi connectivity index (χ0n) is 14.3. The number of hydrogen-bond donors (Lipinski definition) is 2. The summed E-state index contributed by atoms with van der Waals surface area (Å²) in [5, 5.41) is 13.9. The average molecular weight is 327 g/mol. The van der Waals surface area contributed by atoms with Crippen LogP contribution in [0.15, 0.2) is 42.5 Å². The molecule has 2 atom stereocenters. The fourth-order valence-corrected chi connectivity index (χ4v) is 3.28. The van der Waals surface area contributed by atoms with Gasteiger partial charge in [-0.1, -0.05) is 18.2 Å². The first kappa shape index (κ1) is 16.8. The fourth-order valence-electron chi connectivity index (χ4n) is 3.28. The highest BCUT2D eigenvalue weighted by atomic mass is 16.5. The number of hydrogen-bond acceptors (Lipinski definition) is 4. The molecular weight excluding hydrogens is 302 g/mol. The van der Waals surface area contributed by atoms with E-state index in [0.29, 0.717) is 12.6 Å². The minimum atomic E-state index is -0.535. The Labute approximate surface area is 143 Å². The van der Waals surface area contributed by atoms with Crippen molar-refractivity contribution in [1.29, 1.82) is 0 Å². The zero-order chi connectivity index (χ0) is 16.9. The molecule has 24 heavy (non-hydrogen) atoms. The standard InChI is InChI=1S/C20H25NO3/c1-23-18-5-3-4-15(11-18)20(22)13-21-17-8-6-14-7-9-19(24-2)12-16(14)10-17/h3-5,7,9,11-12,17,20-22H,6,8,10,13H2,1-2H3. The number of aliphatic hydroxyl groups excluding tert-OH is 1. The molecule has 4 nitrogen and oxygen atoms in total. The second-order valence-corrected chi connectivity index (χ2v) is 6.28. The molecule has 0 aromatic heterocycles. The van der Waals surface area contributed by atoms with E-state index in [1.807, 2.05) is 30.3 Å². The van der Waals surface area contributed by atoms with Crippen LogP contribution >= 0.6 is 0 Å². The van der Waals surface area contributed by atoms with Crippen molar-refractivity contribution in [2.75, 3.05) is 20.8 Å². The van der Waals surface area contributed by atoms with E-state index in [1.165, 1.54) is 11.1 Å². The average Bonchev–Trinajstić information content (AvgIpc) is 2.65. The van der Waals surface area contributed by atoms with Gasteiger partial charge in [-0.25, -0.2) is 0 Å². The van der Waals surface area contributed by atoms with E-state index >= 15 is 0 Å². The fraction of sp³-hybridized carbons (Fsp3) is 0.400. The van der Waals surface area contributed by atoms with Gasteiger partial charge in [0.05, 0.1) is 20.3 Å². The Hall–Kier alpha value is -2.04. The van der Waals surface area contributed by atoms with Crippen molar-refractivity contribution in [1.82, 2.24) is 5.32 Å². The molecule has 1 aliphatic rings. The zero-order valence-corrected chi connectivity index (χ0v) is 14.3. The van der Waals surface area contributed by atoms with Gasteiger partial charge >= 0.3 is 0 Å². The van der Waals surface area contributed by atoms with Crippen LogP contribution in [0.1, 0.15) is 29.2 Å². The molecule has 0 fully saturated rings. The smallest absolute Gasteiger partial charge is 0.119 e. The van der Waals surface area contributed by atoms with E-state index in [4.69, 9.17) is 9.47 Å². The molecule has 4 heteroatoms. The SMILES string of the molecule is COc1cccc(C(O)CNC2CCc3ccc(OC)cc3C2)c1. The molecule has 1 aliphatic carbocycles. The van der Waals surface area contributed by atoms with Crippen LogP contribution in [0.5, 0.6) is 11.5 Å². The number of ether oxygens (including phenoxy) is 2. The molecule has 128 valence electrons. The Morgan fingerprint density at radius 1 is 1.08 bits per heavy atom. The van der Waals surface area contributed by atoms with Crippen molar-refractivity contribution >= 4 is 0 Å². The lowest BCUT2D eigenvalue weighted by atomic mass is 9.88. The van der Waals surface area contributed by atoms with Crippen LogP contribution < -0.4 is 14.8 Å². The van der Waals surface area contributed by atoms with Gasteiger partial charge in [0, 0.05) is 12.6 Å². The Morgan fingerprint density at radius 2 is 1.88 bits per heavy atom. The summed E-state index contributed by atoms with van der Waals surface area (Å²) < 4.78 is 10.5. The van der Waals surface area contributed by atoms with E-state index in [9.17, 15) is 5.11 Å². The van der Waals surface area contributed by atoms with Gasteiger partial charge in [-0.3, -0.25) is 0 Å². The Kier molecular flexibility index (Phi) is 5.38. The molecule has 2 unspecified atom stereocenters. The quantitative estimate of drug-likeness (QED) is 0.856. The van der Waals surface area contributed by atoms with Crippen molar-refractivity contribution in [3.8, 4) is 11.5 Å². The van der Waals surface area contributed by atoms with Gasteiger partial charge in [0.2, 0.25) is 0 Å². The highest BCUT2D eigenvalue weighted by molar-refractivity contribution is 5.38. The van der Waals surface area contributed by atoms with Crippen LogP contribution in [0.25, 0.3) is 0 Å². The largest absolute Gasteiger partial charge is 0.497 e.